The van der Waals surface area contributed by atoms with Crippen molar-refractivity contribution in [3.63, 3.8) is 0 Å². The molecule has 0 aliphatic heterocycles. The minimum Gasteiger partial charge on any atom is -0.497 e. The third kappa shape index (κ3) is 5.32. The van der Waals surface area contributed by atoms with Gasteiger partial charge in [-0.3, -0.25) is 0 Å². The monoisotopic (exact) mass is 318 g/mol. The van der Waals surface area contributed by atoms with Crippen molar-refractivity contribution in [2.24, 2.45) is 5.41 Å². The molecule has 1 heterocycles. The normalized spacial score (nSPS) is 11.1. The van der Waals surface area contributed by atoms with Gasteiger partial charge in [-0.2, -0.15) is 0 Å². The molecule has 0 aliphatic rings. The standard InChI is InChI=1S/C17H22N2O4/c1-17(2,12-23-16(20)19-10-9-18-13-19)8-11-22-15-6-4-14(21-3)5-7-15/h4-7,9-10,13H,8,11-12H2,1-3H3. The van der Waals surface area contributed by atoms with E-state index in [9.17, 15) is 4.79 Å². The smallest absolute Gasteiger partial charge is 0.419 e. The van der Waals surface area contributed by atoms with Crippen molar-refractivity contribution >= 4 is 6.09 Å². The Morgan fingerprint density at radius 3 is 2.52 bits per heavy atom. The molecule has 0 amide bonds. The van der Waals surface area contributed by atoms with Crippen LogP contribution in [0.1, 0.15) is 20.3 Å². The second kappa shape index (κ2) is 7.67. The lowest BCUT2D eigenvalue weighted by atomic mass is 9.91. The van der Waals surface area contributed by atoms with Gasteiger partial charge in [0, 0.05) is 17.8 Å². The molecule has 0 N–H and O–H groups in total. The number of ether oxygens (including phenoxy) is 3. The molecule has 124 valence electrons. The van der Waals surface area contributed by atoms with Gasteiger partial charge in [0.1, 0.15) is 17.8 Å². The third-order valence-electron chi connectivity index (χ3n) is 3.41. The fraction of sp³-hybridized carbons (Fsp3) is 0.412. The van der Waals surface area contributed by atoms with E-state index in [1.165, 1.54) is 17.1 Å². The van der Waals surface area contributed by atoms with Gasteiger partial charge in [-0.25, -0.2) is 14.3 Å². The molecule has 0 aliphatic carbocycles. The highest BCUT2D eigenvalue weighted by Gasteiger charge is 2.21. The topological polar surface area (TPSA) is 62.6 Å². The molecule has 6 nitrogen and oxygen atoms in total. The second-order valence-corrected chi connectivity index (χ2v) is 5.96. The number of aromatic nitrogens is 2. The number of rotatable bonds is 7. The summed E-state index contributed by atoms with van der Waals surface area (Å²) >= 11 is 0. The molecule has 0 fully saturated rings. The number of hydrogen-bond donors (Lipinski definition) is 0. The molecule has 1 aromatic carbocycles. The van der Waals surface area contributed by atoms with Crippen LogP contribution in [0.15, 0.2) is 43.0 Å². The number of carbonyl (C=O) groups excluding carboxylic acids is 1. The summed E-state index contributed by atoms with van der Waals surface area (Å²) < 4.78 is 17.4. The van der Waals surface area contributed by atoms with E-state index in [2.05, 4.69) is 4.98 Å². The third-order valence-corrected chi connectivity index (χ3v) is 3.41. The Kier molecular flexibility index (Phi) is 5.62. The van der Waals surface area contributed by atoms with Crippen molar-refractivity contribution < 1.29 is 19.0 Å². The molecule has 0 saturated carbocycles. The second-order valence-electron chi connectivity index (χ2n) is 5.96. The summed E-state index contributed by atoms with van der Waals surface area (Å²) in [7, 11) is 1.63. The van der Waals surface area contributed by atoms with Crippen molar-refractivity contribution in [1.29, 1.82) is 0 Å². The number of hydrogen-bond acceptors (Lipinski definition) is 5. The maximum Gasteiger partial charge on any atom is 0.419 e. The van der Waals surface area contributed by atoms with Gasteiger partial charge in [-0.15, -0.1) is 0 Å². The molecule has 0 unspecified atom stereocenters. The lowest BCUT2D eigenvalue weighted by Gasteiger charge is -2.24. The first-order valence-corrected chi connectivity index (χ1v) is 7.42. The van der Waals surface area contributed by atoms with Crippen LogP contribution < -0.4 is 9.47 Å². The first kappa shape index (κ1) is 16.9. The van der Waals surface area contributed by atoms with E-state index in [0.717, 1.165) is 17.9 Å². The molecule has 2 rings (SSSR count). The van der Waals surface area contributed by atoms with Crippen molar-refractivity contribution in [2.75, 3.05) is 20.3 Å². The Balaban J connectivity index is 1.73. The van der Waals surface area contributed by atoms with Crippen molar-refractivity contribution in [2.45, 2.75) is 20.3 Å². The zero-order chi connectivity index (χ0) is 16.7. The van der Waals surface area contributed by atoms with Gasteiger partial charge in [0.05, 0.1) is 20.3 Å². The van der Waals surface area contributed by atoms with Crippen LogP contribution in [0.4, 0.5) is 4.79 Å². The van der Waals surface area contributed by atoms with Gasteiger partial charge in [-0.1, -0.05) is 13.8 Å². The first-order chi connectivity index (χ1) is 11.0. The predicted molar refractivity (Wildman–Crippen MR) is 85.9 cm³/mol. The van der Waals surface area contributed by atoms with Crippen LogP contribution >= 0.6 is 0 Å². The van der Waals surface area contributed by atoms with Crippen LogP contribution in [0.2, 0.25) is 0 Å². The summed E-state index contributed by atoms with van der Waals surface area (Å²) in [6.07, 6.45) is 4.85. The molecule has 6 heteroatoms. The van der Waals surface area contributed by atoms with E-state index in [-0.39, 0.29) is 5.41 Å². The van der Waals surface area contributed by atoms with Gasteiger partial charge in [0.25, 0.3) is 0 Å². The average Bonchev–Trinajstić information content (AvgIpc) is 3.08. The Hall–Kier alpha value is -2.50. The Morgan fingerprint density at radius 1 is 1.22 bits per heavy atom. The van der Waals surface area contributed by atoms with Crippen LogP contribution in [0.5, 0.6) is 11.5 Å². The predicted octanol–water partition coefficient (Wildman–Crippen LogP) is 3.37. The number of methoxy groups -OCH3 is 1. The number of nitrogens with zero attached hydrogens (tertiary/aromatic N) is 2. The molecule has 1 aromatic heterocycles. The van der Waals surface area contributed by atoms with E-state index in [0.29, 0.717) is 13.2 Å². The average molecular weight is 318 g/mol. The molecular weight excluding hydrogens is 296 g/mol. The quantitative estimate of drug-likeness (QED) is 0.783. The van der Waals surface area contributed by atoms with Crippen molar-refractivity contribution in [3.05, 3.63) is 43.0 Å². The van der Waals surface area contributed by atoms with Crippen molar-refractivity contribution in [3.8, 4) is 11.5 Å². The van der Waals surface area contributed by atoms with Crippen LogP contribution in [0.25, 0.3) is 0 Å². The molecule has 0 spiro atoms. The summed E-state index contributed by atoms with van der Waals surface area (Å²) in [6.45, 7) is 4.93. The number of carbonyl (C=O) groups is 1. The molecule has 0 saturated heterocycles. The fourth-order valence-electron chi connectivity index (χ4n) is 1.89. The first-order valence-electron chi connectivity index (χ1n) is 7.42. The molecule has 2 aromatic rings. The maximum atomic E-state index is 11.8. The van der Waals surface area contributed by atoms with Crippen LogP contribution in [-0.4, -0.2) is 36.0 Å². The highest BCUT2D eigenvalue weighted by molar-refractivity contribution is 5.69. The highest BCUT2D eigenvalue weighted by atomic mass is 16.5. The zero-order valence-electron chi connectivity index (χ0n) is 13.7. The SMILES string of the molecule is COc1ccc(OCCC(C)(C)COC(=O)n2ccnc2)cc1. The summed E-state index contributed by atoms with van der Waals surface area (Å²) in [4.78, 5) is 15.6. The minimum absolute atomic E-state index is 0.178. The van der Waals surface area contributed by atoms with Gasteiger partial charge in [0.2, 0.25) is 0 Å². The van der Waals surface area contributed by atoms with E-state index in [1.54, 1.807) is 13.3 Å². The molecule has 0 bridgehead atoms. The number of imidazole rings is 1. The minimum atomic E-state index is -0.424. The van der Waals surface area contributed by atoms with E-state index in [4.69, 9.17) is 14.2 Å². The lowest BCUT2D eigenvalue weighted by molar-refractivity contribution is 0.0864. The molecule has 0 atom stereocenters. The van der Waals surface area contributed by atoms with Crippen LogP contribution in [0, 0.1) is 5.41 Å². The molecular formula is C17H22N2O4. The van der Waals surface area contributed by atoms with Crippen LogP contribution in [0.3, 0.4) is 0 Å². The van der Waals surface area contributed by atoms with Gasteiger partial charge in [-0.05, 0) is 30.7 Å². The fourth-order valence-corrected chi connectivity index (χ4v) is 1.89. The Morgan fingerprint density at radius 2 is 1.91 bits per heavy atom. The maximum absolute atomic E-state index is 11.8. The summed E-state index contributed by atoms with van der Waals surface area (Å²) in [5, 5.41) is 0. The van der Waals surface area contributed by atoms with E-state index >= 15 is 0 Å². The number of benzene rings is 1. The largest absolute Gasteiger partial charge is 0.497 e. The van der Waals surface area contributed by atoms with E-state index < -0.39 is 6.09 Å². The van der Waals surface area contributed by atoms with E-state index in [1.807, 2.05) is 38.1 Å². The lowest BCUT2D eigenvalue weighted by Crippen LogP contribution is -2.25. The highest BCUT2D eigenvalue weighted by Crippen LogP contribution is 2.23. The summed E-state index contributed by atoms with van der Waals surface area (Å²) in [5.74, 6) is 1.58. The molecule has 23 heavy (non-hydrogen) atoms. The van der Waals surface area contributed by atoms with Gasteiger partial charge in [0.15, 0.2) is 0 Å². The van der Waals surface area contributed by atoms with Gasteiger partial charge < -0.3 is 14.2 Å². The zero-order valence-corrected chi connectivity index (χ0v) is 13.7. The van der Waals surface area contributed by atoms with Gasteiger partial charge >= 0.3 is 6.09 Å². The van der Waals surface area contributed by atoms with Crippen LogP contribution in [-0.2, 0) is 4.74 Å². The summed E-state index contributed by atoms with van der Waals surface area (Å²) in [5.41, 5.74) is -0.178. The Labute approximate surface area is 136 Å². The van der Waals surface area contributed by atoms with Crippen molar-refractivity contribution in [1.82, 2.24) is 9.55 Å². The molecule has 0 radical (unpaired) electrons. The summed E-state index contributed by atoms with van der Waals surface area (Å²) in [6, 6.07) is 7.44. The Bertz CT molecular complexity index is 606.